The van der Waals surface area contributed by atoms with Gasteiger partial charge in [0.25, 0.3) is 5.91 Å². The van der Waals surface area contributed by atoms with Gasteiger partial charge in [-0.3, -0.25) is 4.79 Å². The molecule has 0 radical (unpaired) electrons. The minimum Gasteiger partial charge on any atom is -0.493 e. The van der Waals surface area contributed by atoms with Gasteiger partial charge in [-0.05, 0) is 56.9 Å². The van der Waals surface area contributed by atoms with Gasteiger partial charge in [-0.15, -0.1) is 0 Å². The number of nitrogens with zero attached hydrogens (tertiary/aromatic N) is 1. The fraction of sp³-hybridized carbons (Fsp3) is 0.103. The van der Waals surface area contributed by atoms with Crippen molar-refractivity contribution in [2.75, 3.05) is 7.11 Å². The zero-order valence-electron chi connectivity index (χ0n) is 19.9. The van der Waals surface area contributed by atoms with Gasteiger partial charge in [-0.25, -0.2) is 9.82 Å². The molecular formula is C29H24BrFN2O4. The quantitative estimate of drug-likeness (QED) is 0.207. The van der Waals surface area contributed by atoms with Crippen molar-refractivity contribution in [2.24, 2.45) is 5.10 Å². The van der Waals surface area contributed by atoms with Crippen LogP contribution in [-0.2, 0) is 17.0 Å². The number of carbonyl (C=O) groups is 1. The first-order chi connectivity index (χ1) is 17.9. The minimum absolute atomic E-state index is 0.154. The number of rotatable bonds is 9. The second kappa shape index (κ2) is 11.8. The molecule has 0 atom stereocenters. The molecule has 0 aliphatic rings. The number of carbonyl (C=O) groups excluding carboxylic acids is 1. The predicted octanol–water partition coefficient (Wildman–Crippen LogP) is 5.56. The van der Waals surface area contributed by atoms with Crippen molar-refractivity contribution < 1.29 is 23.8 Å². The van der Waals surface area contributed by atoms with Crippen LogP contribution in [0.25, 0.3) is 0 Å². The Bertz CT molecular complexity index is 1360. The van der Waals surface area contributed by atoms with Crippen LogP contribution in [0.2, 0.25) is 0 Å². The van der Waals surface area contributed by atoms with Crippen molar-refractivity contribution >= 4 is 28.1 Å². The molecule has 0 spiro atoms. The zero-order chi connectivity index (χ0) is 26.3. The Hall–Kier alpha value is -4.01. The van der Waals surface area contributed by atoms with Crippen LogP contribution in [0.5, 0.6) is 11.5 Å². The molecule has 0 saturated heterocycles. The normalized spacial score (nSPS) is 11.4. The Morgan fingerprint density at radius 3 is 2.22 bits per heavy atom. The highest BCUT2D eigenvalue weighted by Gasteiger charge is 2.39. The van der Waals surface area contributed by atoms with E-state index in [-0.39, 0.29) is 12.4 Å². The number of ether oxygens (including phenoxy) is 2. The molecule has 0 saturated carbocycles. The first-order valence-corrected chi connectivity index (χ1v) is 12.1. The van der Waals surface area contributed by atoms with Crippen LogP contribution in [0.3, 0.4) is 0 Å². The highest BCUT2D eigenvalue weighted by molar-refractivity contribution is 9.10. The highest BCUT2D eigenvalue weighted by Crippen LogP contribution is 2.34. The number of methoxy groups -OCH3 is 1. The molecule has 0 aromatic heterocycles. The lowest BCUT2D eigenvalue weighted by Crippen LogP contribution is -2.43. The summed E-state index contributed by atoms with van der Waals surface area (Å²) in [7, 11) is 1.50. The first kappa shape index (κ1) is 26.1. The zero-order valence-corrected chi connectivity index (χ0v) is 21.5. The van der Waals surface area contributed by atoms with Crippen LogP contribution < -0.4 is 14.9 Å². The fourth-order valence-electron chi connectivity index (χ4n) is 3.74. The molecule has 0 heterocycles. The van der Waals surface area contributed by atoms with E-state index in [9.17, 15) is 14.3 Å². The van der Waals surface area contributed by atoms with Gasteiger partial charge in [0.05, 0.1) is 13.3 Å². The lowest BCUT2D eigenvalue weighted by atomic mass is 9.85. The highest BCUT2D eigenvalue weighted by atomic mass is 79.9. The van der Waals surface area contributed by atoms with Gasteiger partial charge in [-0.1, -0.05) is 72.8 Å². The van der Waals surface area contributed by atoms with Crippen molar-refractivity contribution in [3.8, 4) is 11.5 Å². The molecular weight excluding hydrogens is 539 g/mol. The van der Waals surface area contributed by atoms with Gasteiger partial charge in [0.2, 0.25) is 0 Å². The monoisotopic (exact) mass is 562 g/mol. The molecule has 1 amide bonds. The molecule has 4 rings (SSSR count). The van der Waals surface area contributed by atoms with Gasteiger partial charge in [-0.2, -0.15) is 5.10 Å². The molecule has 188 valence electrons. The van der Waals surface area contributed by atoms with Crippen LogP contribution in [0.15, 0.2) is 107 Å². The number of amides is 1. The molecule has 0 bridgehead atoms. The van der Waals surface area contributed by atoms with Crippen molar-refractivity contribution in [3.05, 3.63) is 130 Å². The van der Waals surface area contributed by atoms with Crippen LogP contribution in [0, 0.1) is 5.82 Å². The lowest BCUT2D eigenvalue weighted by molar-refractivity contribution is -0.136. The third-order valence-corrected chi connectivity index (χ3v) is 6.33. The Kier molecular flexibility index (Phi) is 8.32. The number of nitrogens with one attached hydrogen (secondary N) is 1. The predicted molar refractivity (Wildman–Crippen MR) is 143 cm³/mol. The van der Waals surface area contributed by atoms with E-state index in [4.69, 9.17) is 9.47 Å². The van der Waals surface area contributed by atoms with E-state index in [1.165, 1.54) is 25.5 Å². The van der Waals surface area contributed by atoms with Crippen LogP contribution in [0.4, 0.5) is 4.39 Å². The van der Waals surface area contributed by atoms with Crippen molar-refractivity contribution in [1.82, 2.24) is 5.43 Å². The molecule has 0 aliphatic carbocycles. The van der Waals surface area contributed by atoms with Crippen LogP contribution in [-0.4, -0.2) is 24.3 Å². The maximum Gasteiger partial charge on any atom is 0.281 e. The Balaban J connectivity index is 1.53. The second-order valence-corrected chi connectivity index (χ2v) is 8.94. The Labute approximate surface area is 222 Å². The number of hydrogen-bond acceptors (Lipinski definition) is 5. The molecule has 2 N–H and O–H groups in total. The van der Waals surface area contributed by atoms with E-state index in [0.29, 0.717) is 38.2 Å². The van der Waals surface area contributed by atoms with E-state index in [0.717, 1.165) is 0 Å². The van der Waals surface area contributed by atoms with Crippen molar-refractivity contribution in [3.63, 3.8) is 0 Å². The largest absolute Gasteiger partial charge is 0.493 e. The standard InChI is InChI=1S/C29H24BrFN2O4/c1-36-26-16-21(25(30)17-27(26)37-19-20-9-8-14-24(31)15-20)18-32-33-28(34)29(35,22-10-4-2-5-11-22)23-12-6-3-7-13-23/h2-18,35H,19H2,1H3,(H,33,34)/b32-18-. The van der Waals surface area contributed by atoms with E-state index in [1.807, 2.05) is 0 Å². The summed E-state index contributed by atoms with van der Waals surface area (Å²) in [4.78, 5) is 13.2. The summed E-state index contributed by atoms with van der Waals surface area (Å²) in [5.41, 5.74) is 2.61. The summed E-state index contributed by atoms with van der Waals surface area (Å²) in [6.45, 7) is 0.154. The number of hydrazone groups is 1. The third kappa shape index (κ3) is 6.04. The third-order valence-electron chi connectivity index (χ3n) is 5.65. The molecule has 4 aromatic carbocycles. The molecule has 8 heteroatoms. The fourth-order valence-corrected chi connectivity index (χ4v) is 4.16. The lowest BCUT2D eigenvalue weighted by Gasteiger charge is -2.27. The van der Waals surface area contributed by atoms with Gasteiger partial charge in [0.1, 0.15) is 12.4 Å². The average Bonchev–Trinajstić information content (AvgIpc) is 2.93. The second-order valence-electron chi connectivity index (χ2n) is 8.08. The number of aliphatic hydroxyl groups is 1. The van der Waals surface area contributed by atoms with Gasteiger partial charge < -0.3 is 14.6 Å². The van der Waals surface area contributed by atoms with E-state index >= 15 is 0 Å². The minimum atomic E-state index is -1.94. The summed E-state index contributed by atoms with van der Waals surface area (Å²) in [6.07, 6.45) is 1.43. The first-order valence-electron chi connectivity index (χ1n) is 11.3. The smallest absolute Gasteiger partial charge is 0.281 e. The maximum absolute atomic E-state index is 13.4. The summed E-state index contributed by atoms with van der Waals surface area (Å²) in [5.74, 6) is -0.173. The molecule has 0 fully saturated rings. The molecule has 6 nitrogen and oxygen atoms in total. The topological polar surface area (TPSA) is 80.2 Å². The number of hydrogen-bond donors (Lipinski definition) is 2. The maximum atomic E-state index is 13.4. The molecule has 0 unspecified atom stereocenters. The van der Waals surface area contributed by atoms with Gasteiger partial charge in [0.15, 0.2) is 17.1 Å². The Morgan fingerprint density at radius 2 is 1.62 bits per heavy atom. The van der Waals surface area contributed by atoms with Crippen molar-refractivity contribution in [2.45, 2.75) is 12.2 Å². The SMILES string of the molecule is COc1cc(/C=N\NC(=O)C(O)(c2ccccc2)c2ccccc2)c(Br)cc1OCc1cccc(F)c1. The van der Waals surface area contributed by atoms with Crippen molar-refractivity contribution in [1.29, 1.82) is 0 Å². The summed E-state index contributed by atoms with van der Waals surface area (Å²) in [5, 5.41) is 15.6. The van der Waals surface area contributed by atoms with Gasteiger partial charge >= 0.3 is 0 Å². The van der Waals surface area contributed by atoms with Crippen LogP contribution >= 0.6 is 15.9 Å². The van der Waals surface area contributed by atoms with Gasteiger partial charge in [0, 0.05) is 10.0 Å². The van der Waals surface area contributed by atoms with Crippen LogP contribution in [0.1, 0.15) is 22.3 Å². The number of halogens is 2. The summed E-state index contributed by atoms with van der Waals surface area (Å²) in [6, 6.07) is 26.9. The van der Waals surface area contributed by atoms with E-state index in [2.05, 4.69) is 26.5 Å². The Morgan fingerprint density at radius 1 is 0.973 bits per heavy atom. The average molecular weight is 563 g/mol. The van der Waals surface area contributed by atoms with E-state index < -0.39 is 11.5 Å². The summed E-state index contributed by atoms with van der Waals surface area (Å²) >= 11 is 3.48. The summed E-state index contributed by atoms with van der Waals surface area (Å²) < 4.78 is 25.3. The molecule has 37 heavy (non-hydrogen) atoms. The van der Waals surface area contributed by atoms with E-state index in [1.54, 1.807) is 84.9 Å². The number of benzene rings is 4. The molecule has 0 aliphatic heterocycles. The molecule has 4 aromatic rings.